The van der Waals surface area contributed by atoms with Crippen LogP contribution in [0, 0.1) is 0 Å². The summed E-state index contributed by atoms with van der Waals surface area (Å²) >= 11 is 0. The quantitative estimate of drug-likeness (QED) is 0.820. The average Bonchev–Trinajstić information content (AvgIpc) is 3.03. The first-order valence-corrected chi connectivity index (χ1v) is 6.61. The molecule has 2 aromatic rings. The van der Waals surface area contributed by atoms with Crippen molar-refractivity contribution >= 4 is 11.5 Å². The van der Waals surface area contributed by atoms with Gasteiger partial charge in [-0.1, -0.05) is 0 Å². The second-order valence-corrected chi connectivity index (χ2v) is 4.85. The van der Waals surface area contributed by atoms with Crippen LogP contribution in [0.2, 0.25) is 0 Å². The largest absolute Gasteiger partial charge is 0.396 e. The molecule has 1 aliphatic heterocycles. The minimum Gasteiger partial charge on any atom is -0.396 e. The summed E-state index contributed by atoms with van der Waals surface area (Å²) in [6, 6.07) is 4.09. The van der Waals surface area contributed by atoms with Gasteiger partial charge in [-0.05, 0) is 37.8 Å². The van der Waals surface area contributed by atoms with E-state index in [0.29, 0.717) is 11.7 Å². The first-order chi connectivity index (χ1) is 9.29. The molecule has 1 atom stereocenters. The molecule has 19 heavy (non-hydrogen) atoms. The molecule has 1 aliphatic rings. The minimum atomic E-state index is -0.317. The Morgan fingerprint density at radius 3 is 3.21 bits per heavy atom. The number of aromatic nitrogens is 4. The smallest absolute Gasteiger partial charge is 0.364 e. The second kappa shape index (κ2) is 5.00. The fraction of sp³-hybridized carbons (Fsp3) is 0.583. The van der Waals surface area contributed by atoms with E-state index in [2.05, 4.69) is 20.2 Å². The predicted octanol–water partition coefficient (Wildman–Crippen LogP) is 0.159. The van der Waals surface area contributed by atoms with Crippen LogP contribution in [0.3, 0.4) is 0 Å². The Kier molecular flexibility index (Phi) is 3.20. The van der Waals surface area contributed by atoms with Crippen molar-refractivity contribution in [3.05, 3.63) is 22.6 Å². The molecule has 0 radical (unpaired) electrons. The number of rotatable bonds is 4. The van der Waals surface area contributed by atoms with E-state index >= 15 is 0 Å². The summed E-state index contributed by atoms with van der Waals surface area (Å²) < 4.78 is 1.29. The Morgan fingerprint density at radius 2 is 2.37 bits per heavy atom. The highest BCUT2D eigenvalue weighted by atomic mass is 16.3. The molecule has 3 heterocycles. The normalized spacial score (nSPS) is 19.4. The van der Waals surface area contributed by atoms with Crippen molar-refractivity contribution in [2.75, 3.05) is 18.1 Å². The van der Waals surface area contributed by atoms with Gasteiger partial charge in [0, 0.05) is 19.2 Å². The molecule has 102 valence electrons. The maximum Gasteiger partial charge on any atom is 0.364 e. The second-order valence-electron chi connectivity index (χ2n) is 4.85. The van der Waals surface area contributed by atoms with Crippen molar-refractivity contribution < 1.29 is 5.11 Å². The van der Waals surface area contributed by atoms with Gasteiger partial charge in [0.1, 0.15) is 5.82 Å². The molecule has 0 saturated carbocycles. The van der Waals surface area contributed by atoms with E-state index < -0.39 is 0 Å². The zero-order valence-electron chi connectivity index (χ0n) is 10.6. The molecule has 0 bridgehead atoms. The monoisotopic (exact) mass is 263 g/mol. The summed E-state index contributed by atoms with van der Waals surface area (Å²) in [5, 5.41) is 19.5. The number of aliphatic hydroxyl groups is 1. The zero-order chi connectivity index (χ0) is 13.2. The molecule has 0 aromatic carbocycles. The van der Waals surface area contributed by atoms with Gasteiger partial charge in [0.05, 0.1) is 0 Å². The minimum absolute atomic E-state index is 0.220. The lowest BCUT2D eigenvalue weighted by Crippen LogP contribution is -2.31. The van der Waals surface area contributed by atoms with Crippen LogP contribution in [-0.2, 0) is 0 Å². The Labute approximate surface area is 109 Å². The Bertz CT molecular complexity index is 620. The first-order valence-electron chi connectivity index (χ1n) is 6.61. The van der Waals surface area contributed by atoms with Crippen LogP contribution >= 0.6 is 0 Å². The van der Waals surface area contributed by atoms with Gasteiger partial charge in [-0.3, -0.25) is 0 Å². The highest BCUT2D eigenvalue weighted by molar-refractivity contribution is 5.46. The molecule has 1 unspecified atom stereocenters. The number of nitrogens with one attached hydrogen (secondary N) is 1. The van der Waals surface area contributed by atoms with E-state index in [-0.39, 0.29) is 12.3 Å². The molecular weight excluding hydrogens is 246 g/mol. The van der Waals surface area contributed by atoms with E-state index in [4.69, 9.17) is 5.11 Å². The van der Waals surface area contributed by atoms with Gasteiger partial charge in [0.15, 0.2) is 5.65 Å². The van der Waals surface area contributed by atoms with E-state index in [1.807, 2.05) is 6.07 Å². The maximum atomic E-state index is 11.5. The molecule has 7 heteroatoms. The predicted molar refractivity (Wildman–Crippen MR) is 70.3 cm³/mol. The van der Waals surface area contributed by atoms with Crippen molar-refractivity contribution in [3.63, 3.8) is 0 Å². The molecule has 3 rings (SSSR count). The van der Waals surface area contributed by atoms with Gasteiger partial charge in [0.2, 0.25) is 0 Å². The fourth-order valence-electron chi connectivity index (χ4n) is 2.71. The maximum absolute atomic E-state index is 11.5. The average molecular weight is 263 g/mol. The molecule has 1 saturated heterocycles. The summed E-state index contributed by atoms with van der Waals surface area (Å²) in [6.45, 7) is 1.17. The van der Waals surface area contributed by atoms with Crippen molar-refractivity contribution in [3.8, 4) is 0 Å². The van der Waals surface area contributed by atoms with Crippen LogP contribution in [0.25, 0.3) is 5.65 Å². The molecule has 2 N–H and O–H groups in total. The molecular formula is C12H17N5O2. The molecule has 7 nitrogen and oxygen atoms in total. The van der Waals surface area contributed by atoms with Crippen LogP contribution in [0.5, 0.6) is 0 Å². The molecule has 0 amide bonds. The topological polar surface area (TPSA) is 86.5 Å². The van der Waals surface area contributed by atoms with E-state index in [0.717, 1.165) is 38.0 Å². The first kappa shape index (κ1) is 12.2. The summed E-state index contributed by atoms with van der Waals surface area (Å²) in [6.07, 6.45) is 3.99. The summed E-state index contributed by atoms with van der Waals surface area (Å²) in [4.78, 5) is 13.7. The van der Waals surface area contributed by atoms with Crippen molar-refractivity contribution in [1.29, 1.82) is 0 Å². The third kappa shape index (κ3) is 2.21. The van der Waals surface area contributed by atoms with Crippen LogP contribution in [0.1, 0.15) is 25.7 Å². The standard InChI is InChI=1S/C12H17N5O2/c18-8-2-4-9-3-1-7-16(9)11-6-5-10-13-14-12(19)17(10)15-11/h5-6,9,18H,1-4,7-8H2,(H,14,19). The molecule has 1 fully saturated rings. The van der Waals surface area contributed by atoms with Crippen LogP contribution in [0.4, 0.5) is 5.82 Å². The van der Waals surface area contributed by atoms with E-state index in [1.54, 1.807) is 6.07 Å². The number of anilines is 1. The number of nitrogens with zero attached hydrogens (tertiary/aromatic N) is 4. The molecule has 0 aliphatic carbocycles. The van der Waals surface area contributed by atoms with Gasteiger partial charge in [-0.2, -0.15) is 9.61 Å². The summed E-state index contributed by atoms with van der Waals surface area (Å²) in [5.41, 5.74) is 0.211. The van der Waals surface area contributed by atoms with E-state index in [9.17, 15) is 4.79 Å². The number of aliphatic hydroxyl groups excluding tert-OH is 1. The third-order valence-electron chi connectivity index (χ3n) is 3.63. The number of hydrogen-bond donors (Lipinski definition) is 2. The Hall–Kier alpha value is -1.89. The highest BCUT2D eigenvalue weighted by Crippen LogP contribution is 2.26. The lowest BCUT2D eigenvalue weighted by molar-refractivity contribution is 0.279. The van der Waals surface area contributed by atoms with Gasteiger partial charge in [-0.25, -0.2) is 9.89 Å². The Balaban J connectivity index is 1.89. The van der Waals surface area contributed by atoms with Crippen LogP contribution < -0.4 is 10.6 Å². The molecule has 0 spiro atoms. The third-order valence-corrected chi connectivity index (χ3v) is 3.63. The molecule has 2 aromatic heterocycles. The number of aromatic amines is 1. The zero-order valence-corrected chi connectivity index (χ0v) is 10.6. The van der Waals surface area contributed by atoms with Gasteiger partial charge >= 0.3 is 5.69 Å². The summed E-state index contributed by atoms with van der Waals surface area (Å²) in [5.74, 6) is 0.802. The number of H-pyrrole nitrogens is 1. The van der Waals surface area contributed by atoms with Gasteiger partial charge in [0.25, 0.3) is 0 Å². The number of hydrogen-bond acceptors (Lipinski definition) is 5. The lowest BCUT2D eigenvalue weighted by Gasteiger charge is -2.25. The van der Waals surface area contributed by atoms with Crippen molar-refractivity contribution in [1.82, 2.24) is 19.8 Å². The van der Waals surface area contributed by atoms with Crippen LogP contribution in [0.15, 0.2) is 16.9 Å². The Morgan fingerprint density at radius 1 is 1.47 bits per heavy atom. The highest BCUT2D eigenvalue weighted by Gasteiger charge is 2.25. The lowest BCUT2D eigenvalue weighted by atomic mass is 10.1. The van der Waals surface area contributed by atoms with Gasteiger partial charge in [-0.15, -0.1) is 5.10 Å². The van der Waals surface area contributed by atoms with Crippen molar-refractivity contribution in [2.45, 2.75) is 31.7 Å². The summed E-state index contributed by atoms with van der Waals surface area (Å²) in [7, 11) is 0. The number of fused-ring (bicyclic) bond motifs is 1. The fourth-order valence-corrected chi connectivity index (χ4v) is 2.71. The van der Waals surface area contributed by atoms with Crippen molar-refractivity contribution in [2.24, 2.45) is 0 Å². The van der Waals surface area contributed by atoms with E-state index in [1.165, 1.54) is 4.52 Å². The van der Waals surface area contributed by atoms with Crippen LogP contribution in [-0.4, -0.2) is 44.1 Å². The van der Waals surface area contributed by atoms with Gasteiger partial charge < -0.3 is 10.0 Å². The SMILES string of the molecule is O=c1[nH]nc2ccc(N3CCCC3CCCO)nn12.